The van der Waals surface area contributed by atoms with Crippen molar-refractivity contribution in [2.24, 2.45) is 0 Å². The van der Waals surface area contributed by atoms with E-state index in [1.165, 1.54) is 6.07 Å². The van der Waals surface area contributed by atoms with Crippen molar-refractivity contribution in [2.75, 3.05) is 6.54 Å². The third kappa shape index (κ3) is 4.01. The number of urea groups is 1. The largest absolute Gasteiger partial charge is 0.337 e. The van der Waals surface area contributed by atoms with Crippen LogP contribution in [0.5, 0.6) is 0 Å². The zero-order chi connectivity index (χ0) is 12.9. The van der Waals surface area contributed by atoms with Crippen molar-refractivity contribution < 1.29 is 13.2 Å². The topological polar surface area (TPSA) is 75.3 Å². The van der Waals surface area contributed by atoms with E-state index in [0.29, 0.717) is 11.0 Å². The van der Waals surface area contributed by atoms with Crippen molar-refractivity contribution in [2.45, 2.75) is 18.2 Å². The fraction of sp³-hybridized carbons (Fsp3) is 0.300. The number of hydrogen-bond donors (Lipinski definition) is 2. The lowest BCUT2D eigenvalue weighted by molar-refractivity contribution is 0.246. The summed E-state index contributed by atoms with van der Waals surface area (Å²) in [7, 11) is -3.83. The lowest BCUT2D eigenvalue weighted by Crippen LogP contribution is -2.39. The minimum atomic E-state index is -3.83. The van der Waals surface area contributed by atoms with Gasteiger partial charge in [-0.1, -0.05) is 19.1 Å². The Morgan fingerprint density at radius 3 is 2.59 bits per heavy atom. The van der Waals surface area contributed by atoms with Gasteiger partial charge in [0.2, 0.25) is 0 Å². The van der Waals surface area contributed by atoms with E-state index < -0.39 is 16.1 Å². The smallest absolute Gasteiger partial charge is 0.328 e. The van der Waals surface area contributed by atoms with Crippen molar-refractivity contribution >= 4 is 32.0 Å². The highest BCUT2D eigenvalue weighted by atomic mass is 79.9. The molecule has 1 aromatic carbocycles. The van der Waals surface area contributed by atoms with Crippen LogP contribution in [0.4, 0.5) is 4.79 Å². The summed E-state index contributed by atoms with van der Waals surface area (Å²) in [4.78, 5) is 11.3. The van der Waals surface area contributed by atoms with E-state index in [0.717, 1.165) is 6.42 Å². The van der Waals surface area contributed by atoms with E-state index in [4.69, 9.17) is 0 Å². The first-order valence-electron chi connectivity index (χ1n) is 5.02. The standard InChI is InChI=1S/C10H13BrN2O3S/c1-2-7-12-10(14)13-17(15,16)9-6-4-3-5-8(9)11/h3-6H,2,7H2,1H3,(H2,12,13,14). The molecule has 2 amide bonds. The molecule has 5 nitrogen and oxygen atoms in total. The molecule has 0 heterocycles. The van der Waals surface area contributed by atoms with Crippen LogP contribution >= 0.6 is 15.9 Å². The number of hydrogen-bond acceptors (Lipinski definition) is 3. The SMILES string of the molecule is CCCNC(=O)NS(=O)(=O)c1ccccc1Br. The Kier molecular flexibility index (Phi) is 4.95. The minimum Gasteiger partial charge on any atom is -0.337 e. The molecule has 7 heteroatoms. The molecule has 2 N–H and O–H groups in total. The molecule has 0 saturated heterocycles. The molecule has 0 unspecified atom stereocenters. The molecule has 1 rings (SSSR count). The zero-order valence-electron chi connectivity index (χ0n) is 9.23. The minimum absolute atomic E-state index is 0.0339. The van der Waals surface area contributed by atoms with Crippen LogP contribution in [0.25, 0.3) is 0 Å². The molecule has 0 radical (unpaired) electrons. The fourth-order valence-electron chi connectivity index (χ4n) is 1.11. The summed E-state index contributed by atoms with van der Waals surface area (Å²) in [5.74, 6) is 0. The van der Waals surface area contributed by atoms with Gasteiger partial charge in [0, 0.05) is 11.0 Å². The van der Waals surface area contributed by atoms with Crippen molar-refractivity contribution in [3.8, 4) is 0 Å². The van der Waals surface area contributed by atoms with Gasteiger partial charge in [-0.3, -0.25) is 0 Å². The van der Waals surface area contributed by atoms with E-state index in [9.17, 15) is 13.2 Å². The first kappa shape index (κ1) is 14.0. The van der Waals surface area contributed by atoms with Gasteiger partial charge in [-0.2, -0.15) is 0 Å². The van der Waals surface area contributed by atoms with Gasteiger partial charge in [0.15, 0.2) is 0 Å². The molecule has 0 aromatic heterocycles. The average Bonchev–Trinajstić information content (AvgIpc) is 2.26. The van der Waals surface area contributed by atoms with Crippen LogP contribution in [-0.4, -0.2) is 21.0 Å². The highest BCUT2D eigenvalue weighted by Crippen LogP contribution is 2.20. The molecule has 0 bridgehead atoms. The second-order valence-electron chi connectivity index (χ2n) is 3.29. The summed E-state index contributed by atoms with van der Waals surface area (Å²) < 4.78 is 26.0. The summed E-state index contributed by atoms with van der Waals surface area (Å²) in [6, 6.07) is 5.57. The van der Waals surface area contributed by atoms with Gasteiger partial charge in [0.1, 0.15) is 4.90 Å². The molecule has 0 aliphatic heterocycles. The molecule has 0 aliphatic rings. The van der Waals surface area contributed by atoms with Gasteiger partial charge >= 0.3 is 6.03 Å². The van der Waals surface area contributed by atoms with E-state index >= 15 is 0 Å². The van der Waals surface area contributed by atoms with E-state index in [1.807, 2.05) is 11.6 Å². The summed E-state index contributed by atoms with van der Waals surface area (Å²) in [5, 5.41) is 2.43. The quantitative estimate of drug-likeness (QED) is 0.889. The fourth-order valence-corrected chi connectivity index (χ4v) is 3.05. The third-order valence-corrected chi connectivity index (χ3v) is 4.23. The van der Waals surface area contributed by atoms with E-state index in [-0.39, 0.29) is 4.90 Å². The van der Waals surface area contributed by atoms with Crippen LogP contribution < -0.4 is 10.0 Å². The lowest BCUT2D eigenvalue weighted by Gasteiger charge is -2.08. The Morgan fingerprint density at radius 1 is 1.35 bits per heavy atom. The van der Waals surface area contributed by atoms with Crippen LogP contribution in [0.15, 0.2) is 33.6 Å². The predicted octanol–water partition coefficient (Wildman–Crippen LogP) is 1.85. The van der Waals surface area contributed by atoms with Crippen LogP contribution in [-0.2, 0) is 10.0 Å². The molecule has 0 fully saturated rings. The van der Waals surface area contributed by atoms with Crippen LogP contribution in [0.2, 0.25) is 0 Å². The highest BCUT2D eigenvalue weighted by Gasteiger charge is 2.19. The van der Waals surface area contributed by atoms with Gasteiger partial charge in [0.25, 0.3) is 10.0 Å². The number of sulfonamides is 1. The maximum atomic E-state index is 11.8. The Hall–Kier alpha value is -1.08. The normalized spacial score (nSPS) is 10.9. The second-order valence-corrected chi connectivity index (χ2v) is 5.80. The molecule has 94 valence electrons. The maximum absolute atomic E-state index is 11.8. The molecular weight excluding hydrogens is 308 g/mol. The Bertz CT molecular complexity index is 502. The van der Waals surface area contributed by atoms with Crippen molar-refractivity contribution in [3.05, 3.63) is 28.7 Å². The summed E-state index contributed by atoms with van der Waals surface area (Å²) >= 11 is 3.12. The first-order chi connectivity index (χ1) is 7.97. The van der Waals surface area contributed by atoms with E-state index in [2.05, 4.69) is 21.2 Å². The van der Waals surface area contributed by atoms with Crippen molar-refractivity contribution in [1.29, 1.82) is 0 Å². The number of halogens is 1. The lowest BCUT2D eigenvalue weighted by atomic mass is 10.4. The number of carbonyl (C=O) groups is 1. The number of rotatable bonds is 4. The van der Waals surface area contributed by atoms with Crippen LogP contribution in [0.1, 0.15) is 13.3 Å². The molecule has 0 spiro atoms. The van der Waals surface area contributed by atoms with Gasteiger partial charge in [-0.15, -0.1) is 0 Å². The second kappa shape index (κ2) is 6.02. The third-order valence-electron chi connectivity index (χ3n) is 1.89. The molecule has 0 saturated carbocycles. The van der Waals surface area contributed by atoms with Crippen molar-refractivity contribution in [3.63, 3.8) is 0 Å². The summed E-state index contributed by atoms with van der Waals surface area (Å²) in [6.07, 6.45) is 0.739. The number of amides is 2. The average molecular weight is 321 g/mol. The first-order valence-corrected chi connectivity index (χ1v) is 7.30. The maximum Gasteiger partial charge on any atom is 0.328 e. The Balaban J connectivity index is 2.83. The number of carbonyl (C=O) groups excluding carboxylic acids is 1. The molecular formula is C10H13BrN2O3S. The predicted molar refractivity (Wildman–Crippen MR) is 68.2 cm³/mol. The monoisotopic (exact) mass is 320 g/mol. The van der Waals surface area contributed by atoms with Gasteiger partial charge in [-0.05, 0) is 34.5 Å². The van der Waals surface area contributed by atoms with Crippen LogP contribution in [0.3, 0.4) is 0 Å². The van der Waals surface area contributed by atoms with Gasteiger partial charge in [-0.25, -0.2) is 17.9 Å². The molecule has 0 atom stereocenters. The molecule has 1 aromatic rings. The Morgan fingerprint density at radius 2 is 2.00 bits per heavy atom. The molecule has 17 heavy (non-hydrogen) atoms. The summed E-state index contributed by atoms with van der Waals surface area (Å²) in [6.45, 7) is 2.31. The summed E-state index contributed by atoms with van der Waals surface area (Å²) in [5.41, 5.74) is 0. The zero-order valence-corrected chi connectivity index (χ0v) is 11.6. The van der Waals surface area contributed by atoms with Crippen LogP contribution in [0, 0.1) is 0 Å². The highest BCUT2D eigenvalue weighted by molar-refractivity contribution is 9.10. The van der Waals surface area contributed by atoms with Gasteiger partial charge < -0.3 is 5.32 Å². The number of benzene rings is 1. The molecule has 0 aliphatic carbocycles. The Labute approximate surface area is 109 Å². The number of nitrogens with one attached hydrogen (secondary N) is 2. The van der Waals surface area contributed by atoms with E-state index in [1.54, 1.807) is 18.2 Å². The van der Waals surface area contributed by atoms with Gasteiger partial charge in [0.05, 0.1) is 0 Å². The van der Waals surface area contributed by atoms with Crippen molar-refractivity contribution in [1.82, 2.24) is 10.0 Å².